The van der Waals surface area contributed by atoms with Crippen LogP contribution in [0.1, 0.15) is 20.7 Å². The number of nitrogens with zero attached hydrogens (tertiary/aromatic N) is 1. The lowest BCUT2D eigenvalue weighted by molar-refractivity contribution is -0.384. The Morgan fingerprint density at radius 2 is 1.77 bits per heavy atom. The van der Waals surface area contributed by atoms with Crippen molar-refractivity contribution in [3.05, 3.63) is 68.7 Å². The minimum atomic E-state index is -1.21. The molecular weight excluding hydrogens is 312 g/mol. The fourth-order valence-electron chi connectivity index (χ4n) is 1.74. The van der Waals surface area contributed by atoms with Gasteiger partial charge in [-0.2, -0.15) is 0 Å². The van der Waals surface area contributed by atoms with Crippen LogP contribution in [0.4, 0.5) is 11.4 Å². The van der Waals surface area contributed by atoms with E-state index < -0.39 is 16.8 Å². The molecule has 7 nitrogen and oxygen atoms in total. The number of carboxylic acids is 1. The topological polar surface area (TPSA) is 110 Å². The van der Waals surface area contributed by atoms with Crippen molar-refractivity contribution in [2.24, 2.45) is 0 Å². The van der Waals surface area contributed by atoms with E-state index in [1.165, 1.54) is 42.5 Å². The van der Waals surface area contributed by atoms with Crippen molar-refractivity contribution in [2.75, 3.05) is 5.32 Å². The van der Waals surface area contributed by atoms with Gasteiger partial charge in [-0.1, -0.05) is 11.6 Å². The summed E-state index contributed by atoms with van der Waals surface area (Å²) in [6.45, 7) is 0. The number of halogens is 1. The zero-order valence-electron chi connectivity index (χ0n) is 10.9. The first kappa shape index (κ1) is 15.5. The van der Waals surface area contributed by atoms with Gasteiger partial charge in [0.05, 0.1) is 16.2 Å². The van der Waals surface area contributed by atoms with Crippen LogP contribution in [0.3, 0.4) is 0 Å². The Labute approximate surface area is 129 Å². The molecule has 0 aromatic heterocycles. The van der Waals surface area contributed by atoms with Gasteiger partial charge in [-0.3, -0.25) is 14.9 Å². The number of aromatic carboxylic acids is 1. The maximum absolute atomic E-state index is 12.1. The Morgan fingerprint density at radius 1 is 1.14 bits per heavy atom. The van der Waals surface area contributed by atoms with E-state index in [1.807, 2.05) is 0 Å². The molecule has 2 aromatic rings. The molecule has 0 saturated carbocycles. The lowest BCUT2D eigenvalue weighted by Gasteiger charge is -2.09. The Bertz CT molecular complexity index is 758. The van der Waals surface area contributed by atoms with Crippen LogP contribution in [-0.4, -0.2) is 21.9 Å². The molecule has 0 atom stereocenters. The number of carboxylic acid groups (broad SMARTS) is 1. The van der Waals surface area contributed by atoms with Gasteiger partial charge in [0, 0.05) is 22.7 Å². The van der Waals surface area contributed by atoms with Gasteiger partial charge >= 0.3 is 5.97 Å². The first-order valence-electron chi connectivity index (χ1n) is 5.97. The van der Waals surface area contributed by atoms with E-state index in [1.54, 1.807) is 0 Å². The summed E-state index contributed by atoms with van der Waals surface area (Å²) in [6.07, 6.45) is 0. The Kier molecular flexibility index (Phi) is 4.38. The van der Waals surface area contributed by atoms with Crippen LogP contribution in [-0.2, 0) is 0 Å². The summed E-state index contributed by atoms with van der Waals surface area (Å²) in [7, 11) is 0. The highest BCUT2D eigenvalue weighted by Gasteiger charge is 2.15. The molecule has 112 valence electrons. The van der Waals surface area contributed by atoms with Crippen LogP contribution in [0.5, 0.6) is 0 Å². The molecule has 8 heteroatoms. The van der Waals surface area contributed by atoms with E-state index >= 15 is 0 Å². The van der Waals surface area contributed by atoms with Gasteiger partial charge in [0.2, 0.25) is 0 Å². The molecule has 1 amide bonds. The summed E-state index contributed by atoms with van der Waals surface area (Å²) in [6, 6.07) is 8.91. The van der Waals surface area contributed by atoms with E-state index in [9.17, 15) is 19.7 Å². The molecule has 0 heterocycles. The van der Waals surface area contributed by atoms with Crippen LogP contribution < -0.4 is 5.32 Å². The number of carbonyl (C=O) groups is 2. The van der Waals surface area contributed by atoms with Crippen molar-refractivity contribution in [3.63, 3.8) is 0 Å². The van der Waals surface area contributed by atoms with Crippen molar-refractivity contribution < 1.29 is 19.6 Å². The SMILES string of the molecule is O=C(Nc1cc(Cl)ccc1C(=O)O)c1ccc([N+](=O)[O-])cc1. The summed E-state index contributed by atoms with van der Waals surface area (Å²) in [4.78, 5) is 33.1. The first-order valence-corrected chi connectivity index (χ1v) is 6.35. The number of amides is 1. The molecule has 0 saturated heterocycles. The Balaban J connectivity index is 2.27. The highest BCUT2D eigenvalue weighted by Crippen LogP contribution is 2.22. The van der Waals surface area contributed by atoms with Crippen molar-refractivity contribution in [1.29, 1.82) is 0 Å². The lowest BCUT2D eigenvalue weighted by Crippen LogP contribution is -2.14. The van der Waals surface area contributed by atoms with Gasteiger partial charge in [0.25, 0.3) is 11.6 Å². The maximum atomic E-state index is 12.1. The standard InChI is InChI=1S/C14H9ClN2O5/c15-9-3-6-11(14(19)20)12(7-9)16-13(18)8-1-4-10(5-2-8)17(21)22/h1-7H,(H,16,18)(H,19,20). The van der Waals surface area contributed by atoms with E-state index in [4.69, 9.17) is 16.7 Å². The number of anilines is 1. The van der Waals surface area contributed by atoms with E-state index in [0.717, 1.165) is 0 Å². The molecule has 2 aromatic carbocycles. The second kappa shape index (κ2) is 6.23. The zero-order valence-corrected chi connectivity index (χ0v) is 11.7. The van der Waals surface area contributed by atoms with Crippen LogP contribution in [0.25, 0.3) is 0 Å². The number of nitro groups is 1. The molecule has 0 unspecified atom stereocenters. The zero-order chi connectivity index (χ0) is 16.3. The van der Waals surface area contributed by atoms with Crippen LogP contribution in [0.15, 0.2) is 42.5 Å². The summed E-state index contributed by atoms with van der Waals surface area (Å²) in [5.74, 6) is -1.81. The number of carbonyl (C=O) groups excluding carboxylic acids is 1. The molecule has 0 aliphatic carbocycles. The van der Waals surface area contributed by atoms with Gasteiger partial charge in [0.15, 0.2) is 0 Å². The highest BCUT2D eigenvalue weighted by atomic mass is 35.5. The summed E-state index contributed by atoms with van der Waals surface area (Å²) in [5.41, 5.74) is -0.0598. The van der Waals surface area contributed by atoms with E-state index in [-0.39, 0.29) is 27.5 Å². The van der Waals surface area contributed by atoms with Gasteiger partial charge in [0.1, 0.15) is 0 Å². The number of non-ortho nitro benzene ring substituents is 1. The van der Waals surface area contributed by atoms with E-state index in [2.05, 4.69) is 5.32 Å². The molecule has 0 aliphatic rings. The van der Waals surface area contributed by atoms with Crippen LogP contribution in [0.2, 0.25) is 5.02 Å². The summed E-state index contributed by atoms with van der Waals surface area (Å²) < 4.78 is 0. The predicted octanol–water partition coefficient (Wildman–Crippen LogP) is 3.20. The molecular formula is C14H9ClN2O5. The van der Waals surface area contributed by atoms with Crippen molar-refractivity contribution in [3.8, 4) is 0 Å². The van der Waals surface area contributed by atoms with Crippen LogP contribution >= 0.6 is 11.6 Å². The van der Waals surface area contributed by atoms with Crippen molar-refractivity contribution in [1.82, 2.24) is 0 Å². The molecule has 0 aliphatic heterocycles. The van der Waals surface area contributed by atoms with Gasteiger partial charge in [-0.15, -0.1) is 0 Å². The summed E-state index contributed by atoms with van der Waals surface area (Å²) in [5, 5.41) is 22.3. The molecule has 22 heavy (non-hydrogen) atoms. The normalized spacial score (nSPS) is 10.0. The van der Waals surface area contributed by atoms with Crippen LogP contribution in [0, 0.1) is 10.1 Å². The third-order valence-electron chi connectivity index (χ3n) is 2.80. The van der Waals surface area contributed by atoms with Gasteiger partial charge in [-0.05, 0) is 30.3 Å². The molecule has 2 N–H and O–H groups in total. The number of nitrogens with one attached hydrogen (secondary N) is 1. The fourth-order valence-corrected chi connectivity index (χ4v) is 1.91. The molecule has 0 spiro atoms. The minimum absolute atomic E-state index is 0.0448. The second-order valence-corrected chi connectivity index (χ2v) is 4.69. The second-order valence-electron chi connectivity index (χ2n) is 4.25. The molecule has 0 radical (unpaired) electrons. The Hall–Kier alpha value is -2.93. The average Bonchev–Trinajstić information content (AvgIpc) is 2.47. The quantitative estimate of drug-likeness (QED) is 0.664. The number of hydrogen-bond donors (Lipinski definition) is 2. The first-order chi connectivity index (χ1) is 10.4. The van der Waals surface area contributed by atoms with E-state index in [0.29, 0.717) is 0 Å². The third-order valence-corrected chi connectivity index (χ3v) is 3.04. The lowest BCUT2D eigenvalue weighted by atomic mass is 10.1. The Morgan fingerprint density at radius 3 is 2.32 bits per heavy atom. The number of nitro benzene ring substituents is 1. The molecule has 0 fully saturated rings. The largest absolute Gasteiger partial charge is 0.478 e. The number of rotatable bonds is 4. The van der Waals surface area contributed by atoms with Crippen molar-refractivity contribution in [2.45, 2.75) is 0 Å². The average molecular weight is 321 g/mol. The highest BCUT2D eigenvalue weighted by molar-refractivity contribution is 6.31. The molecule has 2 rings (SSSR count). The maximum Gasteiger partial charge on any atom is 0.337 e. The summed E-state index contributed by atoms with van der Waals surface area (Å²) >= 11 is 5.79. The minimum Gasteiger partial charge on any atom is -0.478 e. The smallest absolute Gasteiger partial charge is 0.337 e. The predicted molar refractivity (Wildman–Crippen MR) is 79.5 cm³/mol. The molecule has 0 bridgehead atoms. The third kappa shape index (κ3) is 3.39. The van der Waals surface area contributed by atoms with Gasteiger partial charge in [-0.25, -0.2) is 4.79 Å². The van der Waals surface area contributed by atoms with Gasteiger partial charge < -0.3 is 10.4 Å². The monoisotopic (exact) mass is 320 g/mol. The number of hydrogen-bond acceptors (Lipinski definition) is 4. The number of benzene rings is 2. The van der Waals surface area contributed by atoms with Crippen molar-refractivity contribution >= 4 is 34.9 Å². The fraction of sp³-hybridized carbons (Fsp3) is 0.